The summed E-state index contributed by atoms with van der Waals surface area (Å²) in [5.74, 6) is -0.674. The molecule has 4 rings (SSSR count). The smallest absolute Gasteiger partial charge is 0.293 e. The van der Waals surface area contributed by atoms with Crippen molar-refractivity contribution in [1.29, 1.82) is 0 Å². The van der Waals surface area contributed by atoms with E-state index in [1.165, 1.54) is 10.7 Å². The van der Waals surface area contributed by atoms with Gasteiger partial charge in [0.05, 0.1) is 28.9 Å². The molecule has 1 aliphatic carbocycles. The van der Waals surface area contributed by atoms with Crippen LogP contribution in [0.2, 0.25) is 0 Å². The van der Waals surface area contributed by atoms with Crippen molar-refractivity contribution < 1.29 is 9.18 Å². The zero-order chi connectivity index (χ0) is 20.9. The number of rotatable bonds is 5. The van der Waals surface area contributed by atoms with Crippen molar-refractivity contribution in [2.45, 2.75) is 59.2 Å². The highest BCUT2D eigenvalue weighted by Gasteiger charge is 2.29. The van der Waals surface area contributed by atoms with Crippen molar-refractivity contribution in [3.05, 3.63) is 56.9 Å². The van der Waals surface area contributed by atoms with Crippen molar-refractivity contribution in [3.63, 3.8) is 0 Å². The molecule has 2 aromatic heterocycles. The molecular formula is C21H24FN5O2. The first kappa shape index (κ1) is 19.3. The average Bonchev–Trinajstić information content (AvgIpc) is 3.44. The number of aryl methyl sites for hydroxylation is 3. The summed E-state index contributed by atoms with van der Waals surface area (Å²) in [6, 6.07) is 4.73. The van der Waals surface area contributed by atoms with Crippen LogP contribution < -0.4 is 10.9 Å². The van der Waals surface area contributed by atoms with Crippen LogP contribution in [-0.4, -0.2) is 25.5 Å². The highest BCUT2D eigenvalue weighted by molar-refractivity contribution is 5.83. The minimum absolute atomic E-state index is 0.205. The molecule has 29 heavy (non-hydrogen) atoms. The number of nitrogens with one attached hydrogen (secondary N) is 1. The fourth-order valence-electron chi connectivity index (χ4n) is 3.66. The Kier molecular flexibility index (Phi) is 4.72. The molecule has 2 heterocycles. The third-order valence-electron chi connectivity index (χ3n) is 5.41. The summed E-state index contributed by atoms with van der Waals surface area (Å²) in [5.41, 5.74) is 2.86. The molecule has 0 saturated heterocycles. The predicted octanol–water partition coefficient (Wildman–Crippen LogP) is 2.87. The molecule has 1 fully saturated rings. The zero-order valence-corrected chi connectivity index (χ0v) is 17.0. The van der Waals surface area contributed by atoms with Gasteiger partial charge in [-0.25, -0.2) is 9.07 Å². The number of benzene rings is 1. The van der Waals surface area contributed by atoms with Crippen LogP contribution in [0.4, 0.5) is 4.39 Å². The summed E-state index contributed by atoms with van der Waals surface area (Å²) in [4.78, 5) is 25.6. The standard InChI is InChI=1S/C21H24FN5O2/c1-11-5-6-15(9-17(11)22)12(2)23-18(28)10-26-21(29)20-19(13(3)24-26)14(4)25-27(20)16-7-8-16/h5-6,9,12,16H,7-8,10H2,1-4H3,(H,23,28). The number of carbonyl (C=O) groups excluding carboxylic acids is 1. The minimum atomic E-state index is -0.391. The molecular weight excluding hydrogens is 373 g/mol. The maximum absolute atomic E-state index is 13.8. The first-order valence-corrected chi connectivity index (χ1v) is 9.78. The monoisotopic (exact) mass is 397 g/mol. The van der Waals surface area contributed by atoms with Crippen LogP contribution in [0, 0.1) is 26.6 Å². The van der Waals surface area contributed by atoms with Gasteiger partial charge < -0.3 is 5.32 Å². The van der Waals surface area contributed by atoms with Crippen LogP contribution in [0.15, 0.2) is 23.0 Å². The third kappa shape index (κ3) is 3.54. The lowest BCUT2D eigenvalue weighted by molar-refractivity contribution is -0.122. The fourth-order valence-corrected chi connectivity index (χ4v) is 3.66. The van der Waals surface area contributed by atoms with Gasteiger partial charge in [-0.3, -0.25) is 14.3 Å². The van der Waals surface area contributed by atoms with Crippen molar-refractivity contribution in [3.8, 4) is 0 Å². The van der Waals surface area contributed by atoms with Crippen LogP contribution >= 0.6 is 0 Å². The number of hydrogen-bond donors (Lipinski definition) is 1. The SMILES string of the molecule is Cc1ccc(C(C)NC(=O)Cn2nc(C)c3c(C)nn(C4CC4)c3c2=O)cc1F. The molecule has 0 bridgehead atoms. The Balaban J connectivity index is 1.59. The van der Waals surface area contributed by atoms with Gasteiger partial charge >= 0.3 is 0 Å². The van der Waals surface area contributed by atoms with Gasteiger partial charge in [0.1, 0.15) is 17.9 Å². The lowest BCUT2D eigenvalue weighted by atomic mass is 10.1. The Morgan fingerprint density at radius 1 is 1.24 bits per heavy atom. The molecule has 152 valence electrons. The second-order valence-electron chi connectivity index (χ2n) is 7.83. The number of aromatic nitrogens is 4. The van der Waals surface area contributed by atoms with Crippen LogP contribution in [0.3, 0.4) is 0 Å². The Morgan fingerprint density at radius 2 is 1.93 bits per heavy atom. The van der Waals surface area contributed by atoms with Crippen LogP contribution in [0.25, 0.3) is 10.9 Å². The van der Waals surface area contributed by atoms with Gasteiger partial charge in [-0.15, -0.1) is 0 Å². The van der Waals surface area contributed by atoms with E-state index in [2.05, 4.69) is 15.5 Å². The van der Waals surface area contributed by atoms with Gasteiger partial charge in [-0.2, -0.15) is 10.2 Å². The molecule has 1 atom stereocenters. The lowest BCUT2D eigenvalue weighted by Gasteiger charge is -2.15. The van der Waals surface area contributed by atoms with Gasteiger partial charge in [0.15, 0.2) is 0 Å². The molecule has 1 aliphatic rings. The molecule has 0 radical (unpaired) electrons. The van der Waals surface area contributed by atoms with E-state index in [4.69, 9.17) is 0 Å². The molecule has 1 unspecified atom stereocenters. The van der Waals surface area contributed by atoms with Crippen molar-refractivity contribution in [1.82, 2.24) is 24.9 Å². The Hall–Kier alpha value is -3.03. The largest absolute Gasteiger partial charge is 0.348 e. The number of amides is 1. The highest BCUT2D eigenvalue weighted by atomic mass is 19.1. The Morgan fingerprint density at radius 3 is 2.59 bits per heavy atom. The van der Waals surface area contributed by atoms with Crippen LogP contribution in [0.5, 0.6) is 0 Å². The molecule has 0 aliphatic heterocycles. The summed E-state index contributed by atoms with van der Waals surface area (Å²) >= 11 is 0. The van der Waals surface area contributed by atoms with Gasteiger partial charge in [-0.1, -0.05) is 12.1 Å². The van der Waals surface area contributed by atoms with Crippen LogP contribution in [-0.2, 0) is 11.3 Å². The first-order valence-electron chi connectivity index (χ1n) is 9.78. The van der Waals surface area contributed by atoms with E-state index >= 15 is 0 Å². The van der Waals surface area contributed by atoms with Crippen LogP contribution in [0.1, 0.15) is 54.4 Å². The first-order chi connectivity index (χ1) is 13.8. The average molecular weight is 397 g/mol. The van der Waals surface area contributed by atoms with Crippen molar-refractivity contribution in [2.75, 3.05) is 0 Å². The summed E-state index contributed by atoms with van der Waals surface area (Å²) in [6.45, 7) is 6.95. The normalized spacial score (nSPS) is 14.9. The minimum Gasteiger partial charge on any atom is -0.348 e. The molecule has 1 saturated carbocycles. The number of hydrogen-bond acceptors (Lipinski definition) is 4. The quantitative estimate of drug-likeness (QED) is 0.718. The van der Waals surface area contributed by atoms with E-state index < -0.39 is 6.04 Å². The second kappa shape index (κ2) is 7.09. The maximum Gasteiger partial charge on any atom is 0.293 e. The number of halogens is 1. The highest BCUT2D eigenvalue weighted by Crippen LogP contribution is 2.36. The lowest BCUT2D eigenvalue weighted by Crippen LogP contribution is -2.35. The molecule has 1 amide bonds. The third-order valence-corrected chi connectivity index (χ3v) is 5.41. The van der Waals surface area contributed by atoms with Crippen molar-refractivity contribution in [2.24, 2.45) is 0 Å². The van der Waals surface area contributed by atoms with E-state index in [1.54, 1.807) is 30.7 Å². The van der Waals surface area contributed by atoms with Gasteiger partial charge in [-0.05, 0) is 57.7 Å². The summed E-state index contributed by atoms with van der Waals surface area (Å²) in [7, 11) is 0. The summed E-state index contributed by atoms with van der Waals surface area (Å²) in [6.07, 6.45) is 2.00. The number of carbonyl (C=O) groups is 1. The van der Waals surface area contributed by atoms with Gasteiger partial charge in [0.25, 0.3) is 5.56 Å². The molecule has 0 spiro atoms. The van der Waals surface area contributed by atoms with Gasteiger partial charge in [0.2, 0.25) is 5.91 Å². The number of nitrogens with zero attached hydrogens (tertiary/aromatic N) is 4. The van der Waals surface area contributed by atoms with E-state index in [-0.39, 0.29) is 29.9 Å². The predicted molar refractivity (Wildman–Crippen MR) is 107 cm³/mol. The molecule has 1 N–H and O–H groups in total. The second-order valence-corrected chi connectivity index (χ2v) is 7.83. The molecule has 1 aromatic carbocycles. The van der Waals surface area contributed by atoms with E-state index in [1.807, 2.05) is 13.8 Å². The summed E-state index contributed by atoms with van der Waals surface area (Å²) in [5, 5.41) is 12.4. The maximum atomic E-state index is 13.8. The molecule has 7 nitrogen and oxygen atoms in total. The fraction of sp³-hybridized carbons (Fsp3) is 0.429. The van der Waals surface area contributed by atoms with E-state index in [0.29, 0.717) is 22.3 Å². The Labute approximate surface area is 167 Å². The topological polar surface area (TPSA) is 81.8 Å². The Bertz CT molecular complexity index is 1180. The van der Waals surface area contributed by atoms with Gasteiger partial charge in [0, 0.05) is 0 Å². The molecule has 8 heteroatoms. The number of fused-ring (bicyclic) bond motifs is 1. The zero-order valence-electron chi connectivity index (χ0n) is 17.0. The van der Waals surface area contributed by atoms with Crippen molar-refractivity contribution >= 4 is 16.8 Å². The van der Waals surface area contributed by atoms with E-state index in [9.17, 15) is 14.0 Å². The summed E-state index contributed by atoms with van der Waals surface area (Å²) < 4.78 is 16.8. The molecule has 3 aromatic rings. The van der Waals surface area contributed by atoms with E-state index in [0.717, 1.165) is 23.9 Å².